The van der Waals surface area contributed by atoms with Crippen LogP contribution in [-0.4, -0.2) is 17.1 Å². The van der Waals surface area contributed by atoms with Crippen LogP contribution >= 0.6 is 0 Å². The predicted molar refractivity (Wildman–Crippen MR) is 121 cm³/mol. The molecule has 1 aromatic carbocycles. The number of carbonyl (C=O) groups is 1. The van der Waals surface area contributed by atoms with Crippen LogP contribution in [0.15, 0.2) is 56.6 Å². The minimum absolute atomic E-state index is 0.0875. The lowest BCUT2D eigenvalue weighted by molar-refractivity contribution is -0.147. The summed E-state index contributed by atoms with van der Waals surface area (Å²) in [5.74, 6) is -0.275. The molecule has 0 radical (unpaired) electrons. The number of unbranched alkanes of at least 4 members (excludes halogenated alkanes) is 3. The maximum Gasteiger partial charge on any atom is 0.344 e. The summed E-state index contributed by atoms with van der Waals surface area (Å²) >= 11 is 0. The zero-order valence-electron chi connectivity index (χ0n) is 18.3. The average Bonchev–Trinajstić information content (AvgIpc) is 2.74. The zero-order chi connectivity index (χ0) is 22.4. The van der Waals surface area contributed by atoms with Gasteiger partial charge >= 0.3 is 11.6 Å². The van der Waals surface area contributed by atoms with E-state index in [2.05, 4.69) is 0 Å². The van der Waals surface area contributed by atoms with Gasteiger partial charge in [0.15, 0.2) is 0 Å². The Morgan fingerprint density at radius 1 is 1.06 bits per heavy atom. The molecule has 0 aliphatic rings. The van der Waals surface area contributed by atoms with Gasteiger partial charge in [-0.15, -0.1) is 0 Å². The van der Waals surface area contributed by atoms with Crippen molar-refractivity contribution in [3.8, 4) is 11.1 Å². The van der Waals surface area contributed by atoms with Gasteiger partial charge in [-0.2, -0.15) is 0 Å². The highest BCUT2D eigenvalue weighted by Gasteiger charge is 2.12. The molecule has 0 aliphatic heterocycles. The van der Waals surface area contributed by atoms with Gasteiger partial charge in [-0.1, -0.05) is 50.1 Å². The normalized spacial score (nSPS) is 11.2. The monoisotopic (exact) mass is 423 g/mol. The Kier molecular flexibility index (Phi) is 7.45. The molecule has 6 heteroatoms. The van der Waals surface area contributed by atoms with Crippen molar-refractivity contribution in [3.05, 3.63) is 68.9 Å². The third kappa shape index (κ3) is 5.72. The summed E-state index contributed by atoms with van der Waals surface area (Å²) in [6, 6.07) is 11.2. The van der Waals surface area contributed by atoms with Crippen LogP contribution in [0.1, 0.15) is 45.1 Å². The number of pyridine rings is 1. The molecule has 3 rings (SSSR count). The molecular weight excluding hydrogens is 394 g/mol. The van der Waals surface area contributed by atoms with Crippen molar-refractivity contribution in [2.45, 2.75) is 53.0 Å². The molecule has 2 heterocycles. The lowest BCUT2D eigenvalue weighted by Crippen LogP contribution is -2.21. The molecule has 2 aromatic heterocycles. The first-order valence-electron chi connectivity index (χ1n) is 10.8. The Morgan fingerprint density at radius 2 is 1.84 bits per heavy atom. The van der Waals surface area contributed by atoms with E-state index in [1.54, 1.807) is 16.8 Å². The second kappa shape index (κ2) is 10.2. The van der Waals surface area contributed by atoms with Gasteiger partial charge in [0.1, 0.15) is 0 Å². The third-order valence-electron chi connectivity index (χ3n) is 5.20. The fourth-order valence-electron chi connectivity index (χ4n) is 3.41. The topological polar surface area (TPSA) is 78.5 Å². The molecule has 3 aromatic rings. The first-order chi connectivity index (χ1) is 14.9. The summed E-state index contributed by atoms with van der Waals surface area (Å²) in [7, 11) is 0. The van der Waals surface area contributed by atoms with Crippen molar-refractivity contribution in [2.75, 3.05) is 6.61 Å². The molecule has 0 fully saturated rings. The lowest BCUT2D eigenvalue weighted by atomic mass is 10.0. The smallest absolute Gasteiger partial charge is 0.344 e. The largest absolute Gasteiger partial charge is 0.465 e. The van der Waals surface area contributed by atoms with Gasteiger partial charge in [-0.3, -0.25) is 9.59 Å². The first-order valence-corrected chi connectivity index (χ1v) is 10.8. The number of ether oxygens (including phenoxy) is 1. The van der Waals surface area contributed by atoms with E-state index in [4.69, 9.17) is 9.15 Å². The standard InChI is InChI=1S/C25H29NO5/c1-17(2)24(28)30-14-7-5-4-6-12-26-13-11-20-16-21(19-10-8-9-18(3)15-19)25(29)31-22(20)23(26)27/h8-11,13,15-17H,4-7,12,14H2,1-3H3. The molecule has 0 unspecified atom stereocenters. The summed E-state index contributed by atoms with van der Waals surface area (Å²) in [6.07, 6.45) is 5.20. The molecule has 0 N–H and O–H groups in total. The van der Waals surface area contributed by atoms with Gasteiger partial charge in [0, 0.05) is 18.1 Å². The number of aromatic nitrogens is 1. The Labute approximate surface area is 181 Å². The molecule has 31 heavy (non-hydrogen) atoms. The highest BCUT2D eigenvalue weighted by atomic mass is 16.5. The van der Waals surface area contributed by atoms with E-state index < -0.39 is 5.63 Å². The number of esters is 1. The van der Waals surface area contributed by atoms with Crippen LogP contribution in [0.5, 0.6) is 0 Å². The summed E-state index contributed by atoms with van der Waals surface area (Å²) in [4.78, 5) is 36.7. The second-order valence-corrected chi connectivity index (χ2v) is 8.15. The van der Waals surface area contributed by atoms with E-state index in [-0.39, 0.29) is 23.0 Å². The predicted octanol–water partition coefficient (Wildman–Crippen LogP) is 4.69. The van der Waals surface area contributed by atoms with Gasteiger partial charge in [0.05, 0.1) is 18.1 Å². The van der Waals surface area contributed by atoms with E-state index in [1.807, 2.05) is 51.1 Å². The average molecular weight is 424 g/mol. The van der Waals surface area contributed by atoms with Gasteiger partial charge < -0.3 is 13.7 Å². The number of rotatable bonds is 9. The van der Waals surface area contributed by atoms with Crippen LogP contribution < -0.4 is 11.2 Å². The van der Waals surface area contributed by atoms with Crippen molar-refractivity contribution in [2.24, 2.45) is 5.92 Å². The van der Waals surface area contributed by atoms with E-state index in [9.17, 15) is 14.4 Å². The zero-order valence-corrected chi connectivity index (χ0v) is 18.3. The quantitative estimate of drug-likeness (QED) is 0.369. The van der Waals surface area contributed by atoms with Crippen LogP contribution in [0.3, 0.4) is 0 Å². The molecule has 0 atom stereocenters. The highest BCUT2D eigenvalue weighted by Crippen LogP contribution is 2.20. The SMILES string of the molecule is Cc1cccc(-c2cc3ccn(CCCCCCOC(=O)C(C)C)c(=O)c3oc2=O)c1. The third-order valence-corrected chi connectivity index (χ3v) is 5.20. The van der Waals surface area contributed by atoms with E-state index in [0.29, 0.717) is 24.1 Å². The van der Waals surface area contributed by atoms with Crippen LogP contribution in [0, 0.1) is 12.8 Å². The van der Waals surface area contributed by atoms with Crippen molar-refractivity contribution in [1.29, 1.82) is 0 Å². The molecule has 0 amide bonds. The Hall–Kier alpha value is -3.15. The van der Waals surface area contributed by atoms with Crippen molar-refractivity contribution >= 4 is 16.9 Å². The lowest BCUT2D eigenvalue weighted by Gasteiger charge is -2.09. The number of hydrogen-bond acceptors (Lipinski definition) is 5. The maximum atomic E-state index is 12.8. The minimum Gasteiger partial charge on any atom is -0.465 e. The van der Waals surface area contributed by atoms with Gasteiger partial charge in [-0.25, -0.2) is 4.79 Å². The van der Waals surface area contributed by atoms with Crippen LogP contribution in [0.4, 0.5) is 0 Å². The Bertz CT molecular complexity index is 1170. The van der Waals surface area contributed by atoms with Crippen molar-refractivity contribution in [1.82, 2.24) is 4.57 Å². The molecule has 0 bridgehead atoms. The van der Waals surface area contributed by atoms with Gasteiger partial charge in [-0.05, 0) is 43.9 Å². The molecule has 0 spiro atoms. The summed E-state index contributed by atoms with van der Waals surface area (Å²) in [6.45, 7) is 6.57. The molecule has 0 aliphatic carbocycles. The van der Waals surface area contributed by atoms with Gasteiger partial charge in [0.25, 0.3) is 5.56 Å². The summed E-state index contributed by atoms with van der Waals surface area (Å²) in [5.41, 5.74) is 1.56. The Morgan fingerprint density at radius 3 is 2.58 bits per heavy atom. The van der Waals surface area contributed by atoms with E-state index in [0.717, 1.165) is 36.8 Å². The maximum absolute atomic E-state index is 12.8. The number of benzene rings is 1. The Balaban J connectivity index is 1.63. The molecule has 164 valence electrons. The van der Waals surface area contributed by atoms with E-state index in [1.165, 1.54) is 0 Å². The summed E-state index contributed by atoms with van der Waals surface area (Å²) < 4.78 is 12.2. The van der Waals surface area contributed by atoms with E-state index >= 15 is 0 Å². The van der Waals surface area contributed by atoms with Crippen LogP contribution in [0.2, 0.25) is 0 Å². The van der Waals surface area contributed by atoms with Crippen LogP contribution in [0.25, 0.3) is 22.1 Å². The number of fused-ring (bicyclic) bond motifs is 1. The molecular formula is C25H29NO5. The summed E-state index contributed by atoms with van der Waals surface area (Å²) in [5, 5.41) is 0.615. The molecule has 0 saturated heterocycles. The van der Waals surface area contributed by atoms with Crippen molar-refractivity contribution in [3.63, 3.8) is 0 Å². The van der Waals surface area contributed by atoms with Gasteiger partial charge in [0.2, 0.25) is 5.58 Å². The number of nitrogens with zero attached hydrogens (tertiary/aromatic N) is 1. The second-order valence-electron chi connectivity index (χ2n) is 8.15. The molecule has 6 nitrogen and oxygen atoms in total. The van der Waals surface area contributed by atoms with Crippen LogP contribution in [-0.2, 0) is 16.1 Å². The van der Waals surface area contributed by atoms with Crippen molar-refractivity contribution < 1.29 is 13.9 Å². The fraction of sp³-hybridized carbons (Fsp3) is 0.400. The number of aryl methyl sites for hydroxylation is 2. The molecule has 0 saturated carbocycles. The first kappa shape index (κ1) is 22.5. The fourth-order valence-corrected chi connectivity index (χ4v) is 3.41. The highest BCUT2D eigenvalue weighted by molar-refractivity contribution is 5.80. The minimum atomic E-state index is -0.510. The number of hydrogen-bond donors (Lipinski definition) is 0. The number of carbonyl (C=O) groups excluding carboxylic acids is 1.